The summed E-state index contributed by atoms with van der Waals surface area (Å²) in [5.74, 6) is -1.66. The third-order valence-electron chi connectivity index (χ3n) is 1.96. The first-order valence-electron chi connectivity index (χ1n) is 3.86. The highest BCUT2D eigenvalue weighted by atomic mass is 19.1. The lowest BCUT2D eigenvalue weighted by atomic mass is 10.1. The lowest BCUT2D eigenvalue weighted by Crippen LogP contribution is -2.06. The molecule has 2 aromatic rings. The number of nitrogens with one attached hydrogen (secondary N) is 1. The van der Waals surface area contributed by atoms with E-state index in [2.05, 4.69) is 4.98 Å². The Balaban J connectivity index is 3.02. The number of benzene rings is 1. The van der Waals surface area contributed by atoms with Crippen molar-refractivity contribution in [1.82, 2.24) is 4.98 Å². The Morgan fingerprint density at radius 3 is 2.64 bits per heavy atom. The largest absolute Gasteiger partial charge is 0.396 e. The Labute approximate surface area is 77.2 Å². The fourth-order valence-electron chi connectivity index (χ4n) is 1.28. The first kappa shape index (κ1) is 8.68. The van der Waals surface area contributed by atoms with Gasteiger partial charge in [-0.25, -0.2) is 8.78 Å². The van der Waals surface area contributed by atoms with Crippen LogP contribution < -0.4 is 11.3 Å². The molecule has 0 aliphatic heterocycles. The van der Waals surface area contributed by atoms with E-state index in [0.717, 1.165) is 6.07 Å². The van der Waals surface area contributed by atoms with Crippen LogP contribution in [0.2, 0.25) is 0 Å². The lowest BCUT2D eigenvalue weighted by molar-refractivity contribution is 0.593. The smallest absolute Gasteiger partial charge is 0.248 e. The molecular formula is C9H6F2N2O. The number of halogens is 2. The third kappa shape index (κ3) is 1.14. The molecule has 0 unspecified atom stereocenters. The van der Waals surface area contributed by atoms with E-state index < -0.39 is 17.2 Å². The van der Waals surface area contributed by atoms with Gasteiger partial charge >= 0.3 is 0 Å². The standard InChI is InChI=1S/C9H6F2N2O/c10-5-3-6(11)9-4(8(5)12)1-2-7(14)13-9/h1-3H,12H2,(H,13,14). The Hall–Kier alpha value is -1.91. The van der Waals surface area contributed by atoms with Crippen molar-refractivity contribution in [2.75, 3.05) is 5.73 Å². The average molecular weight is 196 g/mol. The van der Waals surface area contributed by atoms with Crippen LogP contribution in [-0.4, -0.2) is 4.98 Å². The van der Waals surface area contributed by atoms with Gasteiger partial charge in [0.25, 0.3) is 0 Å². The second-order valence-electron chi connectivity index (χ2n) is 2.87. The minimum atomic E-state index is -0.831. The van der Waals surface area contributed by atoms with Gasteiger partial charge in [-0.15, -0.1) is 0 Å². The molecule has 14 heavy (non-hydrogen) atoms. The van der Waals surface area contributed by atoms with Gasteiger partial charge in [0.15, 0.2) is 0 Å². The van der Waals surface area contributed by atoms with E-state index in [0.29, 0.717) is 6.07 Å². The second-order valence-corrected chi connectivity index (χ2v) is 2.87. The predicted octanol–water partition coefficient (Wildman–Crippen LogP) is 1.39. The minimum Gasteiger partial charge on any atom is -0.396 e. The molecule has 3 nitrogen and oxygen atoms in total. The molecule has 0 saturated heterocycles. The van der Waals surface area contributed by atoms with Crippen molar-refractivity contribution in [3.8, 4) is 0 Å². The molecule has 0 bridgehead atoms. The summed E-state index contributed by atoms with van der Waals surface area (Å²) < 4.78 is 26.1. The highest BCUT2D eigenvalue weighted by molar-refractivity contribution is 5.90. The molecular weight excluding hydrogens is 190 g/mol. The molecule has 0 aliphatic rings. The van der Waals surface area contributed by atoms with Gasteiger partial charge < -0.3 is 10.7 Å². The normalized spacial score (nSPS) is 10.7. The maximum absolute atomic E-state index is 13.1. The van der Waals surface area contributed by atoms with Crippen molar-refractivity contribution in [3.63, 3.8) is 0 Å². The molecule has 1 heterocycles. The quantitative estimate of drug-likeness (QED) is 0.625. The monoisotopic (exact) mass is 196 g/mol. The van der Waals surface area contributed by atoms with Gasteiger partial charge in [-0.3, -0.25) is 4.79 Å². The summed E-state index contributed by atoms with van der Waals surface area (Å²) >= 11 is 0. The van der Waals surface area contributed by atoms with E-state index in [9.17, 15) is 13.6 Å². The Morgan fingerprint density at radius 2 is 1.93 bits per heavy atom. The number of fused-ring (bicyclic) bond motifs is 1. The number of pyridine rings is 1. The fraction of sp³-hybridized carbons (Fsp3) is 0. The maximum Gasteiger partial charge on any atom is 0.248 e. The van der Waals surface area contributed by atoms with E-state index in [1.807, 2.05) is 0 Å². The van der Waals surface area contributed by atoms with Crippen molar-refractivity contribution in [2.24, 2.45) is 0 Å². The van der Waals surface area contributed by atoms with Crippen LogP contribution in [0, 0.1) is 11.6 Å². The van der Waals surface area contributed by atoms with Crippen molar-refractivity contribution < 1.29 is 8.78 Å². The van der Waals surface area contributed by atoms with Crippen LogP contribution in [0.15, 0.2) is 23.0 Å². The first-order chi connectivity index (χ1) is 6.59. The van der Waals surface area contributed by atoms with Gasteiger partial charge in [0, 0.05) is 17.5 Å². The van der Waals surface area contributed by atoms with Gasteiger partial charge in [-0.1, -0.05) is 0 Å². The fourth-order valence-corrected chi connectivity index (χ4v) is 1.28. The number of H-pyrrole nitrogens is 1. The number of nitrogens with two attached hydrogens (primary N) is 1. The Morgan fingerprint density at radius 1 is 1.21 bits per heavy atom. The predicted molar refractivity (Wildman–Crippen MR) is 48.9 cm³/mol. The van der Waals surface area contributed by atoms with Gasteiger partial charge in [-0.2, -0.15) is 0 Å². The zero-order valence-electron chi connectivity index (χ0n) is 6.97. The molecule has 72 valence electrons. The summed E-state index contributed by atoms with van der Waals surface area (Å²) in [6.45, 7) is 0. The average Bonchev–Trinajstić information content (AvgIpc) is 2.14. The highest BCUT2D eigenvalue weighted by Gasteiger charge is 2.09. The molecule has 5 heteroatoms. The van der Waals surface area contributed by atoms with Crippen molar-refractivity contribution in [2.45, 2.75) is 0 Å². The number of hydrogen-bond acceptors (Lipinski definition) is 2. The molecule has 0 fully saturated rings. The Kier molecular flexibility index (Phi) is 1.73. The Bertz CT molecular complexity index is 562. The molecule has 0 saturated carbocycles. The van der Waals surface area contributed by atoms with Gasteiger partial charge in [0.2, 0.25) is 5.56 Å². The summed E-state index contributed by atoms with van der Waals surface area (Å²) in [5, 5.41) is 0.169. The van der Waals surface area contributed by atoms with E-state index in [1.165, 1.54) is 6.07 Å². The summed E-state index contributed by atoms with van der Waals surface area (Å²) in [6.07, 6.45) is 0. The number of hydrogen-bond donors (Lipinski definition) is 2. The number of aromatic amines is 1. The molecule has 0 radical (unpaired) electrons. The van der Waals surface area contributed by atoms with Crippen LogP contribution in [0.3, 0.4) is 0 Å². The van der Waals surface area contributed by atoms with Crippen LogP contribution in [0.4, 0.5) is 14.5 Å². The minimum absolute atomic E-state index is 0.0728. The van der Waals surface area contributed by atoms with Gasteiger partial charge in [0.1, 0.15) is 11.6 Å². The maximum atomic E-state index is 13.1. The molecule has 0 spiro atoms. The molecule has 1 aromatic carbocycles. The van der Waals surface area contributed by atoms with Crippen LogP contribution in [0.25, 0.3) is 10.9 Å². The number of anilines is 1. The zero-order valence-corrected chi connectivity index (χ0v) is 6.97. The molecule has 3 N–H and O–H groups in total. The van der Waals surface area contributed by atoms with E-state index in [4.69, 9.17) is 5.73 Å². The highest BCUT2D eigenvalue weighted by Crippen LogP contribution is 2.23. The second kappa shape index (κ2) is 2.80. The molecule has 0 amide bonds. The SMILES string of the molecule is Nc1c(F)cc(F)c2[nH]c(=O)ccc12. The topological polar surface area (TPSA) is 58.9 Å². The van der Waals surface area contributed by atoms with Gasteiger partial charge in [-0.05, 0) is 6.07 Å². The molecule has 2 rings (SSSR count). The first-order valence-corrected chi connectivity index (χ1v) is 3.86. The van der Waals surface area contributed by atoms with E-state index in [-0.39, 0.29) is 16.6 Å². The van der Waals surface area contributed by atoms with Crippen LogP contribution in [0.5, 0.6) is 0 Å². The van der Waals surface area contributed by atoms with Crippen LogP contribution >= 0.6 is 0 Å². The molecule has 1 aromatic heterocycles. The van der Waals surface area contributed by atoms with E-state index >= 15 is 0 Å². The number of aromatic nitrogens is 1. The zero-order chi connectivity index (χ0) is 10.3. The molecule has 0 atom stereocenters. The lowest BCUT2D eigenvalue weighted by Gasteiger charge is -2.03. The summed E-state index contributed by atoms with van der Waals surface area (Å²) in [7, 11) is 0. The number of nitrogen functional groups attached to an aromatic ring is 1. The van der Waals surface area contributed by atoms with Crippen molar-refractivity contribution >= 4 is 16.6 Å². The van der Waals surface area contributed by atoms with Crippen LogP contribution in [-0.2, 0) is 0 Å². The molecule has 0 aliphatic carbocycles. The van der Waals surface area contributed by atoms with E-state index in [1.54, 1.807) is 0 Å². The number of rotatable bonds is 0. The summed E-state index contributed by atoms with van der Waals surface area (Å²) in [4.78, 5) is 13.1. The van der Waals surface area contributed by atoms with Gasteiger partial charge in [0.05, 0.1) is 11.2 Å². The summed E-state index contributed by atoms with van der Waals surface area (Å²) in [5.41, 5.74) is 4.68. The summed E-state index contributed by atoms with van der Waals surface area (Å²) in [6, 6.07) is 3.10. The van der Waals surface area contributed by atoms with Crippen molar-refractivity contribution in [3.05, 3.63) is 40.2 Å². The third-order valence-corrected chi connectivity index (χ3v) is 1.96. The van der Waals surface area contributed by atoms with Crippen molar-refractivity contribution in [1.29, 1.82) is 0 Å². The van der Waals surface area contributed by atoms with Crippen LogP contribution in [0.1, 0.15) is 0 Å².